The predicted octanol–water partition coefficient (Wildman–Crippen LogP) is 0.975. The molecule has 0 bridgehead atoms. The summed E-state index contributed by atoms with van der Waals surface area (Å²) in [6.07, 6.45) is 3.43. The molecular weight excluding hydrogens is 202 g/mol. The molecule has 1 aliphatic rings. The van der Waals surface area contributed by atoms with Gasteiger partial charge in [0.05, 0.1) is 6.61 Å². The number of rotatable bonds is 5. The van der Waals surface area contributed by atoms with Gasteiger partial charge in [0, 0.05) is 24.1 Å². The minimum atomic E-state index is 0.0834. The van der Waals surface area contributed by atoms with Crippen LogP contribution in [0.2, 0.25) is 0 Å². The van der Waals surface area contributed by atoms with Gasteiger partial charge < -0.3 is 9.64 Å². The molecule has 0 aromatic carbocycles. The molecule has 4 nitrogen and oxygen atoms in total. The Morgan fingerprint density at radius 1 is 1.56 bits per heavy atom. The third-order valence-corrected chi connectivity index (χ3v) is 4.25. The van der Waals surface area contributed by atoms with Crippen molar-refractivity contribution in [1.29, 1.82) is 0 Å². The first-order chi connectivity index (χ1) is 7.56. The normalized spacial score (nSPS) is 27.8. The van der Waals surface area contributed by atoms with Gasteiger partial charge >= 0.3 is 0 Å². The highest BCUT2D eigenvalue weighted by Crippen LogP contribution is 2.29. The van der Waals surface area contributed by atoms with Crippen molar-refractivity contribution in [3.8, 4) is 0 Å². The summed E-state index contributed by atoms with van der Waals surface area (Å²) in [5, 5.41) is 0. The van der Waals surface area contributed by atoms with Crippen LogP contribution in [-0.2, 0) is 4.74 Å². The smallest absolute Gasteiger partial charge is 0.0510 e. The Bertz CT molecular complexity index is 204. The number of nitrogens with zero attached hydrogens (tertiary/aromatic N) is 1. The number of nitrogens with two attached hydrogens (primary N) is 1. The van der Waals surface area contributed by atoms with Gasteiger partial charge in [0.1, 0.15) is 0 Å². The van der Waals surface area contributed by atoms with Crippen molar-refractivity contribution in [1.82, 2.24) is 10.3 Å². The van der Waals surface area contributed by atoms with Crippen LogP contribution in [-0.4, -0.2) is 43.8 Å². The molecule has 0 aliphatic carbocycles. The maximum atomic E-state index is 5.77. The number of hydrazine groups is 1. The summed E-state index contributed by atoms with van der Waals surface area (Å²) >= 11 is 0. The van der Waals surface area contributed by atoms with E-state index in [2.05, 4.69) is 38.3 Å². The lowest BCUT2D eigenvalue weighted by Gasteiger charge is -2.46. The first-order valence-electron chi connectivity index (χ1n) is 6.27. The second kappa shape index (κ2) is 5.96. The van der Waals surface area contributed by atoms with Gasteiger partial charge in [0.15, 0.2) is 0 Å². The van der Waals surface area contributed by atoms with E-state index in [-0.39, 0.29) is 11.6 Å². The molecule has 1 heterocycles. The van der Waals surface area contributed by atoms with Crippen molar-refractivity contribution in [3.05, 3.63) is 0 Å². The summed E-state index contributed by atoms with van der Waals surface area (Å²) in [4.78, 5) is 2.27. The monoisotopic (exact) mass is 229 g/mol. The van der Waals surface area contributed by atoms with Crippen LogP contribution in [0.5, 0.6) is 0 Å². The molecule has 0 radical (unpaired) electrons. The van der Waals surface area contributed by atoms with E-state index >= 15 is 0 Å². The molecule has 0 amide bonds. The number of hydrogen-bond acceptors (Lipinski definition) is 4. The largest absolute Gasteiger partial charge is 0.381 e. The minimum Gasteiger partial charge on any atom is -0.381 e. The highest BCUT2D eigenvalue weighted by atomic mass is 16.5. The van der Waals surface area contributed by atoms with E-state index in [9.17, 15) is 0 Å². The summed E-state index contributed by atoms with van der Waals surface area (Å²) in [6, 6.07) is 0.285. The molecule has 4 heteroatoms. The summed E-state index contributed by atoms with van der Waals surface area (Å²) in [5.74, 6) is 6.29. The average Bonchev–Trinajstić information content (AvgIpc) is 2.30. The second-order valence-electron chi connectivity index (χ2n) is 5.23. The first kappa shape index (κ1) is 13.9. The Kier molecular flexibility index (Phi) is 5.18. The number of likely N-dealkylation sites (N-methyl/N-ethyl adjacent to an activating group) is 1. The van der Waals surface area contributed by atoms with Gasteiger partial charge in [-0.15, -0.1) is 0 Å². The van der Waals surface area contributed by atoms with Crippen LogP contribution in [0, 0.1) is 5.92 Å². The number of ether oxygens (including phenoxy) is 1. The Morgan fingerprint density at radius 2 is 2.25 bits per heavy atom. The molecule has 1 fully saturated rings. The third kappa shape index (κ3) is 2.74. The molecule has 0 saturated carbocycles. The maximum absolute atomic E-state index is 5.77. The lowest BCUT2D eigenvalue weighted by molar-refractivity contribution is -0.00215. The topological polar surface area (TPSA) is 50.5 Å². The fourth-order valence-electron chi connectivity index (χ4n) is 2.67. The van der Waals surface area contributed by atoms with Crippen LogP contribution in [0.3, 0.4) is 0 Å². The quantitative estimate of drug-likeness (QED) is 0.545. The summed E-state index contributed by atoms with van der Waals surface area (Å²) in [7, 11) is 4.25. The Hall–Kier alpha value is -0.160. The molecule has 0 aromatic heterocycles. The lowest BCUT2D eigenvalue weighted by Crippen LogP contribution is -2.62. The summed E-state index contributed by atoms with van der Waals surface area (Å²) < 4.78 is 5.57. The Labute approximate surface area is 99.5 Å². The van der Waals surface area contributed by atoms with E-state index in [0.717, 1.165) is 26.1 Å². The molecule has 3 unspecified atom stereocenters. The van der Waals surface area contributed by atoms with Gasteiger partial charge in [-0.25, -0.2) is 0 Å². The molecule has 1 aliphatic heterocycles. The van der Waals surface area contributed by atoms with Crippen molar-refractivity contribution in [2.45, 2.75) is 44.7 Å². The molecule has 3 N–H and O–H groups in total. The van der Waals surface area contributed by atoms with Crippen LogP contribution in [0.4, 0.5) is 0 Å². The standard InChI is InChI=1S/C12H27N3O/c1-5-12(2,15(3)4)11(14-13)10-7-6-8-16-9-10/h10-11,14H,5-9,13H2,1-4H3. The maximum Gasteiger partial charge on any atom is 0.0510 e. The number of nitrogens with one attached hydrogen (secondary N) is 1. The number of hydrogen-bond donors (Lipinski definition) is 2. The fraction of sp³-hybridized carbons (Fsp3) is 1.00. The van der Waals surface area contributed by atoms with Gasteiger partial charge in [-0.2, -0.15) is 0 Å². The van der Waals surface area contributed by atoms with E-state index in [4.69, 9.17) is 10.6 Å². The van der Waals surface area contributed by atoms with Crippen molar-refractivity contribution in [3.63, 3.8) is 0 Å². The summed E-state index contributed by atoms with van der Waals surface area (Å²) in [6.45, 7) is 6.22. The predicted molar refractivity (Wildman–Crippen MR) is 67.0 cm³/mol. The average molecular weight is 229 g/mol. The van der Waals surface area contributed by atoms with Gasteiger partial charge in [-0.1, -0.05) is 6.92 Å². The molecule has 1 rings (SSSR count). The third-order valence-electron chi connectivity index (χ3n) is 4.25. The molecule has 3 atom stereocenters. The van der Waals surface area contributed by atoms with Gasteiger partial charge in [0.25, 0.3) is 0 Å². The molecule has 1 saturated heterocycles. The van der Waals surface area contributed by atoms with Crippen LogP contribution in [0.25, 0.3) is 0 Å². The van der Waals surface area contributed by atoms with Crippen molar-refractivity contribution in [2.75, 3.05) is 27.3 Å². The lowest BCUT2D eigenvalue weighted by atomic mass is 9.78. The Balaban J connectivity index is 2.77. The zero-order valence-corrected chi connectivity index (χ0v) is 11.1. The fourth-order valence-corrected chi connectivity index (χ4v) is 2.67. The molecule has 0 aromatic rings. The van der Waals surface area contributed by atoms with Gasteiger partial charge in [-0.3, -0.25) is 11.3 Å². The van der Waals surface area contributed by atoms with Crippen molar-refractivity contribution in [2.24, 2.45) is 11.8 Å². The highest BCUT2D eigenvalue weighted by Gasteiger charge is 2.39. The Morgan fingerprint density at radius 3 is 2.62 bits per heavy atom. The first-order valence-corrected chi connectivity index (χ1v) is 6.27. The van der Waals surface area contributed by atoms with E-state index in [1.807, 2.05) is 0 Å². The van der Waals surface area contributed by atoms with E-state index in [0.29, 0.717) is 5.92 Å². The summed E-state index contributed by atoms with van der Waals surface area (Å²) in [5.41, 5.74) is 3.11. The SMILES string of the molecule is CCC(C)(C(NN)C1CCCOC1)N(C)C. The van der Waals surface area contributed by atoms with E-state index < -0.39 is 0 Å². The van der Waals surface area contributed by atoms with Gasteiger partial charge in [-0.05, 0) is 40.3 Å². The van der Waals surface area contributed by atoms with E-state index in [1.165, 1.54) is 6.42 Å². The second-order valence-corrected chi connectivity index (χ2v) is 5.23. The highest BCUT2D eigenvalue weighted by molar-refractivity contribution is 4.97. The zero-order chi connectivity index (χ0) is 12.2. The molecule has 96 valence electrons. The van der Waals surface area contributed by atoms with Crippen molar-refractivity contribution >= 4 is 0 Å². The van der Waals surface area contributed by atoms with Crippen LogP contribution in [0.15, 0.2) is 0 Å². The van der Waals surface area contributed by atoms with E-state index in [1.54, 1.807) is 0 Å². The molecule has 0 spiro atoms. The van der Waals surface area contributed by atoms with Crippen molar-refractivity contribution < 1.29 is 4.74 Å². The zero-order valence-electron chi connectivity index (χ0n) is 11.1. The van der Waals surface area contributed by atoms with Crippen LogP contribution < -0.4 is 11.3 Å². The molecule has 16 heavy (non-hydrogen) atoms. The van der Waals surface area contributed by atoms with Gasteiger partial charge in [0.2, 0.25) is 0 Å². The van der Waals surface area contributed by atoms with Crippen LogP contribution in [0.1, 0.15) is 33.1 Å². The minimum absolute atomic E-state index is 0.0834. The van der Waals surface area contributed by atoms with Crippen LogP contribution >= 0.6 is 0 Å². The molecular formula is C12H27N3O.